The van der Waals surface area contributed by atoms with Crippen LogP contribution in [0.5, 0.6) is 0 Å². The summed E-state index contributed by atoms with van der Waals surface area (Å²) in [5, 5.41) is 12.3. The second-order valence-electron chi connectivity index (χ2n) is 3.80. The number of aliphatic hydroxyl groups excluding tert-OH is 1. The summed E-state index contributed by atoms with van der Waals surface area (Å²) in [6.45, 7) is 4.66. The van der Waals surface area contributed by atoms with Crippen LogP contribution in [0.15, 0.2) is 0 Å². The highest BCUT2D eigenvalue weighted by Gasteiger charge is 2.25. The van der Waals surface area contributed by atoms with E-state index in [1.54, 1.807) is 0 Å². The zero-order chi connectivity index (χ0) is 7.61. The predicted octanol–water partition coefficient (Wildman–Crippen LogP) is 1.32. The molecule has 11 heavy (non-hydrogen) atoms. The SMILES string of the molecule is CC1(C)CCC[C@H](CO)N1.Cl. The molecule has 0 bridgehead atoms. The van der Waals surface area contributed by atoms with E-state index in [2.05, 4.69) is 19.2 Å². The van der Waals surface area contributed by atoms with Gasteiger partial charge in [-0.25, -0.2) is 0 Å². The van der Waals surface area contributed by atoms with Crippen molar-refractivity contribution in [3.05, 3.63) is 0 Å². The lowest BCUT2D eigenvalue weighted by Gasteiger charge is -2.36. The predicted molar refractivity (Wildman–Crippen MR) is 49.2 cm³/mol. The van der Waals surface area contributed by atoms with Gasteiger partial charge in [-0.3, -0.25) is 0 Å². The minimum Gasteiger partial charge on any atom is -0.395 e. The molecule has 0 radical (unpaired) electrons. The van der Waals surface area contributed by atoms with Crippen LogP contribution in [0, 0.1) is 0 Å². The molecule has 1 atom stereocenters. The molecule has 1 fully saturated rings. The Morgan fingerprint density at radius 1 is 1.55 bits per heavy atom. The van der Waals surface area contributed by atoms with Gasteiger partial charge in [-0.15, -0.1) is 12.4 Å². The molecule has 0 amide bonds. The molecule has 1 aliphatic heterocycles. The lowest BCUT2D eigenvalue weighted by molar-refractivity contribution is 0.166. The molecule has 0 aromatic rings. The van der Waals surface area contributed by atoms with E-state index in [1.165, 1.54) is 12.8 Å². The molecular formula is C8H18ClNO. The fraction of sp³-hybridized carbons (Fsp3) is 1.00. The largest absolute Gasteiger partial charge is 0.395 e. The first kappa shape index (κ1) is 11.2. The van der Waals surface area contributed by atoms with Gasteiger partial charge in [0.05, 0.1) is 6.61 Å². The van der Waals surface area contributed by atoms with Crippen LogP contribution in [-0.4, -0.2) is 23.3 Å². The fourth-order valence-corrected chi connectivity index (χ4v) is 1.62. The molecule has 1 rings (SSSR count). The molecule has 68 valence electrons. The van der Waals surface area contributed by atoms with Crippen LogP contribution in [-0.2, 0) is 0 Å². The Labute approximate surface area is 74.8 Å². The average molecular weight is 180 g/mol. The van der Waals surface area contributed by atoms with Crippen LogP contribution in [0.1, 0.15) is 33.1 Å². The molecule has 0 saturated carbocycles. The number of hydrogen-bond acceptors (Lipinski definition) is 2. The lowest BCUT2D eigenvalue weighted by Crippen LogP contribution is -2.50. The van der Waals surface area contributed by atoms with Crippen molar-refractivity contribution in [2.45, 2.75) is 44.7 Å². The molecule has 3 heteroatoms. The highest BCUT2D eigenvalue weighted by molar-refractivity contribution is 5.85. The Morgan fingerprint density at radius 3 is 2.55 bits per heavy atom. The Hall–Kier alpha value is 0.210. The molecule has 0 unspecified atom stereocenters. The molecule has 0 spiro atoms. The van der Waals surface area contributed by atoms with Crippen molar-refractivity contribution < 1.29 is 5.11 Å². The van der Waals surface area contributed by atoms with Crippen molar-refractivity contribution in [1.29, 1.82) is 0 Å². The summed E-state index contributed by atoms with van der Waals surface area (Å²) in [5.41, 5.74) is 0.242. The molecule has 1 heterocycles. The van der Waals surface area contributed by atoms with Crippen LogP contribution >= 0.6 is 12.4 Å². The van der Waals surface area contributed by atoms with Crippen molar-refractivity contribution in [1.82, 2.24) is 5.32 Å². The van der Waals surface area contributed by atoms with Crippen molar-refractivity contribution in [2.75, 3.05) is 6.61 Å². The maximum atomic E-state index is 8.86. The van der Waals surface area contributed by atoms with Gasteiger partial charge in [0.1, 0.15) is 0 Å². The summed E-state index contributed by atoms with van der Waals surface area (Å²) >= 11 is 0. The highest BCUT2D eigenvalue weighted by Crippen LogP contribution is 2.20. The number of hydrogen-bond donors (Lipinski definition) is 2. The van der Waals surface area contributed by atoms with Crippen molar-refractivity contribution in [3.63, 3.8) is 0 Å². The van der Waals surface area contributed by atoms with Crippen LogP contribution in [0.4, 0.5) is 0 Å². The van der Waals surface area contributed by atoms with Crippen LogP contribution in [0.2, 0.25) is 0 Å². The van der Waals surface area contributed by atoms with Gasteiger partial charge in [0.15, 0.2) is 0 Å². The Kier molecular flexibility index (Phi) is 4.37. The molecule has 1 aliphatic rings. The highest BCUT2D eigenvalue weighted by atomic mass is 35.5. The number of nitrogens with one attached hydrogen (secondary N) is 1. The third kappa shape index (κ3) is 3.41. The maximum absolute atomic E-state index is 8.86. The monoisotopic (exact) mass is 179 g/mol. The molecule has 2 N–H and O–H groups in total. The fourth-order valence-electron chi connectivity index (χ4n) is 1.62. The second kappa shape index (κ2) is 4.29. The van der Waals surface area contributed by atoms with E-state index >= 15 is 0 Å². The Bertz CT molecular complexity index is 117. The van der Waals surface area contributed by atoms with E-state index in [4.69, 9.17) is 5.11 Å². The van der Waals surface area contributed by atoms with Gasteiger partial charge in [0, 0.05) is 11.6 Å². The molecular weight excluding hydrogens is 162 g/mol. The van der Waals surface area contributed by atoms with Crippen LogP contribution in [0.3, 0.4) is 0 Å². The summed E-state index contributed by atoms with van der Waals surface area (Å²) in [6, 6.07) is 0.337. The zero-order valence-electron chi connectivity index (χ0n) is 7.26. The minimum atomic E-state index is 0. The lowest BCUT2D eigenvalue weighted by atomic mass is 9.89. The van der Waals surface area contributed by atoms with Crippen LogP contribution in [0.25, 0.3) is 0 Å². The summed E-state index contributed by atoms with van der Waals surface area (Å²) in [5.74, 6) is 0. The topological polar surface area (TPSA) is 32.3 Å². The van der Waals surface area contributed by atoms with E-state index in [9.17, 15) is 0 Å². The first-order valence-electron chi connectivity index (χ1n) is 4.02. The van der Waals surface area contributed by atoms with Gasteiger partial charge in [0.25, 0.3) is 0 Å². The quantitative estimate of drug-likeness (QED) is 0.637. The number of aliphatic hydroxyl groups is 1. The van der Waals surface area contributed by atoms with Gasteiger partial charge < -0.3 is 10.4 Å². The normalized spacial score (nSPS) is 29.2. The third-order valence-corrected chi connectivity index (χ3v) is 2.17. The number of piperidine rings is 1. The molecule has 0 aromatic heterocycles. The van der Waals surface area contributed by atoms with Crippen molar-refractivity contribution in [2.24, 2.45) is 0 Å². The molecule has 1 saturated heterocycles. The van der Waals surface area contributed by atoms with E-state index in [-0.39, 0.29) is 24.6 Å². The summed E-state index contributed by atoms with van der Waals surface area (Å²) in [4.78, 5) is 0. The summed E-state index contributed by atoms with van der Waals surface area (Å²) in [7, 11) is 0. The number of halogens is 1. The maximum Gasteiger partial charge on any atom is 0.0584 e. The standard InChI is InChI=1S/C8H17NO.ClH/c1-8(2)5-3-4-7(6-10)9-8;/h7,9-10H,3-6H2,1-2H3;1H/t7-;/m1./s1. The average Bonchev–Trinajstić information content (AvgIpc) is 1.86. The van der Waals surface area contributed by atoms with Gasteiger partial charge >= 0.3 is 0 Å². The molecule has 0 aliphatic carbocycles. The van der Waals surface area contributed by atoms with Gasteiger partial charge in [0.2, 0.25) is 0 Å². The first-order chi connectivity index (χ1) is 4.64. The Morgan fingerprint density at radius 2 is 2.18 bits per heavy atom. The number of rotatable bonds is 1. The van der Waals surface area contributed by atoms with E-state index in [0.29, 0.717) is 6.04 Å². The van der Waals surface area contributed by atoms with Gasteiger partial charge in [-0.2, -0.15) is 0 Å². The third-order valence-electron chi connectivity index (χ3n) is 2.17. The van der Waals surface area contributed by atoms with Gasteiger partial charge in [-0.05, 0) is 26.7 Å². The Balaban J connectivity index is 0.000001000. The van der Waals surface area contributed by atoms with Crippen molar-refractivity contribution in [3.8, 4) is 0 Å². The van der Waals surface area contributed by atoms with Crippen molar-refractivity contribution >= 4 is 12.4 Å². The first-order valence-corrected chi connectivity index (χ1v) is 4.02. The smallest absolute Gasteiger partial charge is 0.0584 e. The molecule has 2 nitrogen and oxygen atoms in total. The van der Waals surface area contributed by atoms with Crippen LogP contribution < -0.4 is 5.32 Å². The van der Waals surface area contributed by atoms with Gasteiger partial charge in [-0.1, -0.05) is 6.42 Å². The van der Waals surface area contributed by atoms with E-state index < -0.39 is 0 Å². The zero-order valence-corrected chi connectivity index (χ0v) is 8.08. The summed E-state index contributed by atoms with van der Waals surface area (Å²) < 4.78 is 0. The minimum absolute atomic E-state index is 0. The van der Waals surface area contributed by atoms with E-state index in [0.717, 1.165) is 6.42 Å². The van der Waals surface area contributed by atoms with E-state index in [1.807, 2.05) is 0 Å². The molecule has 0 aromatic carbocycles. The summed E-state index contributed by atoms with van der Waals surface area (Å²) in [6.07, 6.45) is 3.59. The second-order valence-corrected chi connectivity index (χ2v) is 3.80.